The van der Waals surface area contributed by atoms with Gasteiger partial charge >= 0.3 is 18.3 Å². The van der Waals surface area contributed by atoms with Crippen LogP contribution in [0.2, 0.25) is 0 Å². The van der Waals surface area contributed by atoms with E-state index in [9.17, 15) is 31.1 Å². The van der Waals surface area contributed by atoms with E-state index in [4.69, 9.17) is 9.90 Å². The largest absolute Gasteiger partial charge is 0.490 e. The minimum Gasteiger partial charge on any atom is -0.475 e. The van der Waals surface area contributed by atoms with Gasteiger partial charge in [0, 0.05) is 38.6 Å². The number of rotatable bonds is 2. The van der Waals surface area contributed by atoms with Gasteiger partial charge in [0.25, 0.3) is 0 Å². The van der Waals surface area contributed by atoms with E-state index in [2.05, 4.69) is 9.97 Å². The van der Waals surface area contributed by atoms with Crippen molar-refractivity contribution in [1.29, 1.82) is 0 Å². The van der Waals surface area contributed by atoms with Crippen LogP contribution < -0.4 is 4.90 Å². The van der Waals surface area contributed by atoms with Gasteiger partial charge < -0.3 is 14.9 Å². The van der Waals surface area contributed by atoms with Gasteiger partial charge in [0.05, 0.1) is 5.56 Å². The van der Waals surface area contributed by atoms with E-state index in [0.717, 1.165) is 18.8 Å². The monoisotopic (exact) mass is 374 g/mol. The van der Waals surface area contributed by atoms with Crippen LogP contribution in [-0.2, 0) is 15.8 Å². The van der Waals surface area contributed by atoms with Crippen molar-refractivity contribution in [3.8, 4) is 0 Å². The second-order valence-corrected chi connectivity index (χ2v) is 4.70. The molecule has 2 rings (SSSR count). The molecule has 1 N–H and O–H groups in total. The summed E-state index contributed by atoms with van der Waals surface area (Å²) in [5.74, 6) is -2.50. The highest BCUT2D eigenvalue weighted by Gasteiger charge is 2.38. The molecule has 0 aliphatic carbocycles. The Kier molecular flexibility index (Phi) is 6.53. The number of amides is 1. The summed E-state index contributed by atoms with van der Waals surface area (Å²) in [5.41, 5.74) is -0.863. The predicted octanol–water partition coefficient (Wildman–Crippen LogP) is 1.41. The number of aliphatic carboxylic acids is 1. The van der Waals surface area contributed by atoms with Gasteiger partial charge in [-0.2, -0.15) is 26.3 Å². The van der Waals surface area contributed by atoms with Gasteiger partial charge in [-0.3, -0.25) is 4.79 Å². The topological polar surface area (TPSA) is 86.6 Å². The van der Waals surface area contributed by atoms with Crippen molar-refractivity contribution in [3.63, 3.8) is 0 Å². The van der Waals surface area contributed by atoms with E-state index >= 15 is 0 Å². The fourth-order valence-corrected chi connectivity index (χ4v) is 1.66. The maximum Gasteiger partial charge on any atom is 0.490 e. The van der Waals surface area contributed by atoms with Gasteiger partial charge in [0.1, 0.15) is 0 Å². The Bertz CT molecular complexity index is 582. The number of carboxylic acids is 1. The van der Waals surface area contributed by atoms with Gasteiger partial charge in [-0.15, -0.1) is 0 Å². The van der Waals surface area contributed by atoms with Crippen LogP contribution in [0.5, 0.6) is 0 Å². The Morgan fingerprint density at radius 2 is 1.48 bits per heavy atom. The molecule has 1 amide bonds. The van der Waals surface area contributed by atoms with Crippen LogP contribution in [0.3, 0.4) is 0 Å². The van der Waals surface area contributed by atoms with Crippen molar-refractivity contribution in [2.45, 2.75) is 12.4 Å². The minimum atomic E-state index is -5.08. The van der Waals surface area contributed by atoms with Crippen LogP contribution in [0.15, 0.2) is 12.4 Å². The van der Waals surface area contributed by atoms with Crippen LogP contribution in [0, 0.1) is 0 Å². The van der Waals surface area contributed by atoms with E-state index in [1.807, 2.05) is 0 Å². The highest BCUT2D eigenvalue weighted by Crippen LogP contribution is 2.28. The number of hydrogen-bond acceptors (Lipinski definition) is 5. The number of halogens is 6. The molecule has 0 aromatic carbocycles. The summed E-state index contributed by atoms with van der Waals surface area (Å²) in [6.07, 6.45) is -7.21. The number of carboxylic acid groups (broad SMARTS) is 1. The van der Waals surface area contributed by atoms with E-state index in [-0.39, 0.29) is 5.95 Å². The zero-order valence-corrected chi connectivity index (χ0v) is 12.4. The third kappa shape index (κ3) is 6.43. The molecule has 1 saturated heterocycles. The fourth-order valence-electron chi connectivity index (χ4n) is 1.66. The second-order valence-electron chi connectivity index (χ2n) is 4.70. The number of carbonyl (C=O) groups excluding carboxylic acids is 1. The third-order valence-corrected chi connectivity index (χ3v) is 2.95. The first kappa shape index (κ1) is 20.4. The first-order valence-electron chi connectivity index (χ1n) is 6.59. The predicted molar refractivity (Wildman–Crippen MR) is 70.6 cm³/mol. The van der Waals surface area contributed by atoms with E-state index in [1.165, 1.54) is 0 Å². The normalized spacial score (nSPS) is 15.3. The first-order valence-corrected chi connectivity index (χ1v) is 6.59. The van der Waals surface area contributed by atoms with Crippen molar-refractivity contribution < 1.29 is 41.0 Å². The molecule has 1 fully saturated rings. The maximum atomic E-state index is 12.3. The lowest BCUT2D eigenvalue weighted by Crippen LogP contribution is -2.46. The Labute approximate surface area is 136 Å². The average Bonchev–Trinajstić information content (AvgIpc) is 2.54. The Morgan fingerprint density at radius 3 is 1.80 bits per heavy atom. The van der Waals surface area contributed by atoms with Crippen molar-refractivity contribution in [3.05, 3.63) is 18.0 Å². The molecule has 13 heteroatoms. The van der Waals surface area contributed by atoms with Crippen molar-refractivity contribution >= 4 is 18.3 Å². The first-order chi connectivity index (χ1) is 11.4. The van der Waals surface area contributed by atoms with Gasteiger partial charge in [0.2, 0.25) is 12.4 Å². The quantitative estimate of drug-likeness (QED) is 0.622. The molecule has 0 bridgehead atoms. The molecule has 2 heterocycles. The summed E-state index contributed by atoms with van der Waals surface area (Å²) in [6, 6.07) is 0. The SMILES string of the molecule is O=C(O)C(F)(F)F.O=CN1CCN(c2ncc(C(F)(F)F)cn2)CC1. The molecule has 140 valence electrons. The Balaban J connectivity index is 0.000000381. The molecular formula is C12H12F6N4O3. The second kappa shape index (κ2) is 7.98. The van der Waals surface area contributed by atoms with Crippen molar-refractivity contribution in [1.82, 2.24) is 14.9 Å². The Hall–Kier alpha value is -2.60. The van der Waals surface area contributed by atoms with Crippen LogP contribution in [0.25, 0.3) is 0 Å². The molecular weight excluding hydrogens is 362 g/mol. The number of piperazine rings is 1. The van der Waals surface area contributed by atoms with Gasteiger partial charge in [-0.05, 0) is 0 Å². The lowest BCUT2D eigenvalue weighted by molar-refractivity contribution is -0.192. The molecule has 0 atom stereocenters. The molecule has 1 aliphatic heterocycles. The van der Waals surface area contributed by atoms with Gasteiger partial charge in [-0.25, -0.2) is 14.8 Å². The van der Waals surface area contributed by atoms with Gasteiger partial charge in [0.15, 0.2) is 0 Å². The Morgan fingerprint density at radius 1 is 1.04 bits per heavy atom. The van der Waals surface area contributed by atoms with Crippen LogP contribution in [0.4, 0.5) is 32.3 Å². The highest BCUT2D eigenvalue weighted by molar-refractivity contribution is 5.73. The van der Waals surface area contributed by atoms with Crippen molar-refractivity contribution in [2.75, 3.05) is 31.1 Å². The maximum absolute atomic E-state index is 12.3. The molecule has 7 nitrogen and oxygen atoms in total. The summed E-state index contributed by atoms with van der Waals surface area (Å²) in [6.45, 7) is 2.08. The molecule has 1 aromatic heterocycles. The molecule has 0 saturated carbocycles. The number of carbonyl (C=O) groups is 2. The summed E-state index contributed by atoms with van der Waals surface area (Å²) in [7, 11) is 0. The number of hydrogen-bond donors (Lipinski definition) is 1. The zero-order chi connectivity index (χ0) is 19.3. The van der Waals surface area contributed by atoms with Crippen LogP contribution in [-0.4, -0.2) is 64.7 Å². The number of alkyl halides is 6. The standard InChI is InChI=1S/C10H11F3N4O.C2HF3O2/c11-10(12,13)8-5-14-9(15-6-8)17-3-1-16(7-18)2-4-17;3-2(4,5)1(6)7/h5-7H,1-4H2;(H,6,7). The summed E-state index contributed by atoms with van der Waals surface area (Å²) in [4.78, 5) is 30.2. The zero-order valence-electron chi connectivity index (χ0n) is 12.4. The lowest BCUT2D eigenvalue weighted by atomic mass is 10.3. The fraction of sp³-hybridized carbons (Fsp3) is 0.500. The van der Waals surface area contributed by atoms with E-state index in [0.29, 0.717) is 26.2 Å². The van der Waals surface area contributed by atoms with E-state index < -0.39 is 23.9 Å². The summed E-state index contributed by atoms with van der Waals surface area (Å²) < 4.78 is 68.7. The molecule has 25 heavy (non-hydrogen) atoms. The average molecular weight is 374 g/mol. The number of aromatic nitrogens is 2. The van der Waals surface area contributed by atoms with Gasteiger partial charge in [-0.1, -0.05) is 0 Å². The van der Waals surface area contributed by atoms with Crippen LogP contribution >= 0.6 is 0 Å². The number of anilines is 1. The molecule has 0 unspecified atom stereocenters. The third-order valence-electron chi connectivity index (χ3n) is 2.95. The van der Waals surface area contributed by atoms with E-state index in [1.54, 1.807) is 9.80 Å². The van der Waals surface area contributed by atoms with Crippen LogP contribution in [0.1, 0.15) is 5.56 Å². The number of nitrogens with zero attached hydrogens (tertiary/aromatic N) is 4. The smallest absolute Gasteiger partial charge is 0.475 e. The molecule has 1 aromatic rings. The summed E-state index contributed by atoms with van der Waals surface area (Å²) in [5, 5.41) is 7.12. The lowest BCUT2D eigenvalue weighted by Gasteiger charge is -2.32. The molecule has 1 aliphatic rings. The highest BCUT2D eigenvalue weighted by atomic mass is 19.4. The summed E-state index contributed by atoms with van der Waals surface area (Å²) >= 11 is 0. The van der Waals surface area contributed by atoms with Crippen molar-refractivity contribution in [2.24, 2.45) is 0 Å². The molecule has 0 radical (unpaired) electrons. The minimum absolute atomic E-state index is 0.258. The molecule has 0 spiro atoms.